The molecule has 2 aromatic carbocycles. The highest BCUT2D eigenvalue weighted by molar-refractivity contribution is 9.10. The summed E-state index contributed by atoms with van der Waals surface area (Å²) in [5, 5.41) is 9.05. The van der Waals surface area contributed by atoms with Crippen LogP contribution in [0.4, 0.5) is 5.69 Å². The number of halogens is 2. The van der Waals surface area contributed by atoms with E-state index in [0.29, 0.717) is 4.47 Å². The van der Waals surface area contributed by atoms with E-state index in [1.54, 1.807) is 30.3 Å². The fourth-order valence-electron chi connectivity index (χ4n) is 1.69. The van der Waals surface area contributed by atoms with Gasteiger partial charge in [0.1, 0.15) is 6.07 Å². The Morgan fingerprint density at radius 1 is 1.14 bits per heavy atom. The molecule has 2 rings (SSSR count). The van der Waals surface area contributed by atoms with E-state index in [9.17, 15) is 8.42 Å². The zero-order chi connectivity index (χ0) is 15.6. The number of anilines is 1. The van der Waals surface area contributed by atoms with Crippen molar-refractivity contribution in [2.75, 3.05) is 4.72 Å². The van der Waals surface area contributed by atoms with Crippen molar-refractivity contribution in [1.82, 2.24) is 0 Å². The molecule has 0 atom stereocenters. The summed E-state index contributed by atoms with van der Waals surface area (Å²) in [5.41, 5.74) is 1.32. The fourth-order valence-corrected chi connectivity index (χ4v) is 3.45. The van der Waals surface area contributed by atoms with Crippen molar-refractivity contribution in [3.63, 3.8) is 0 Å². The monoisotopic (exact) mass is 428 g/mol. The van der Waals surface area contributed by atoms with Gasteiger partial charge in [-0.05, 0) is 48.9 Å². The van der Waals surface area contributed by atoms with E-state index in [4.69, 9.17) is 5.26 Å². The van der Waals surface area contributed by atoms with Gasteiger partial charge in [0.25, 0.3) is 10.0 Å². The van der Waals surface area contributed by atoms with Gasteiger partial charge in [-0.2, -0.15) is 5.26 Å². The van der Waals surface area contributed by atoms with Gasteiger partial charge in [0.15, 0.2) is 0 Å². The molecule has 108 valence electrons. The van der Waals surface area contributed by atoms with Crippen LogP contribution in [-0.4, -0.2) is 8.42 Å². The predicted octanol–water partition coefficient (Wildman–Crippen LogP) is 4.19. The minimum atomic E-state index is -3.74. The average molecular weight is 430 g/mol. The second kappa shape index (κ2) is 6.18. The molecule has 7 heteroatoms. The lowest BCUT2D eigenvalue weighted by atomic mass is 10.2. The van der Waals surface area contributed by atoms with Gasteiger partial charge in [-0.25, -0.2) is 8.42 Å². The van der Waals surface area contributed by atoms with Crippen LogP contribution in [0.15, 0.2) is 50.2 Å². The van der Waals surface area contributed by atoms with E-state index < -0.39 is 10.0 Å². The van der Waals surface area contributed by atoms with Crippen LogP contribution in [0.1, 0.15) is 11.1 Å². The number of nitriles is 1. The summed E-state index contributed by atoms with van der Waals surface area (Å²) < 4.78 is 28.8. The second-order valence-electron chi connectivity index (χ2n) is 4.32. The number of rotatable bonds is 3. The molecule has 0 heterocycles. The van der Waals surface area contributed by atoms with E-state index in [-0.39, 0.29) is 16.1 Å². The molecular weight excluding hydrogens is 420 g/mol. The summed E-state index contributed by atoms with van der Waals surface area (Å²) in [5.74, 6) is 0. The maximum atomic E-state index is 12.4. The first-order chi connectivity index (χ1) is 9.83. The van der Waals surface area contributed by atoms with Crippen LogP contribution in [0.25, 0.3) is 0 Å². The third-order valence-corrected chi connectivity index (χ3v) is 5.53. The molecule has 0 saturated heterocycles. The van der Waals surface area contributed by atoms with E-state index in [1.807, 2.05) is 13.0 Å². The molecule has 0 radical (unpaired) electrons. The summed E-state index contributed by atoms with van der Waals surface area (Å²) >= 11 is 6.59. The molecule has 4 nitrogen and oxygen atoms in total. The van der Waals surface area contributed by atoms with Crippen molar-refractivity contribution in [3.05, 3.63) is 56.5 Å². The van der Waals surface area contributed by atoms with Crippen LogP contribution in [0.2, 0.25) is 0 Å². The number of hydrogen-bond donors (Lipinski definition) is 1. The Kier molecular flexibility index (Phi) is 4.71. The predicted molar refractivity (Wildman–Crippen MR) is 88.5 cm³/mol. The van der Waals surface area contributed by atoms with Crippen molar-refractivity contribution in [3.8, 4) is 6.07 Å². The number of hydrogen-bond acceptors (Lipinski definition) is 3. The second-order valence-corrected chi connectivity index (χ2v) is 7.77. The van der Waals surface area contributed by atoms with Crippen molar-refractivity contribution < 1.29 is 8.42 Å². The SMILES string of the molecule is Cc1cc(S(=O)(=O)Nc2cc(Br)ccc2C#N)ccc1Br. The molecule has 1 N–H and O–H groups in total. The van der Waals surface area contributed by atoms with E-state index >= 15 is 0 Å². The highest BCUT2D eigenvalue weighted by Crippen LogP contribution is 2.25. The smallest absolute Gasteiger partial charge is 0.261 e. The zero-order valence-electron chi connectivity index (χ0n) is 10.9. The van der Waals surface area contributed by atoms with Gasteiger partial charge in [0.05, 0.1) is 16.1 Å². The van der Waals surface area contributed by atoms with Gasteiger partial charge in [-0.3, -0.25) is 4.72 Å². The minimum Gasteiger partial charge on any atom is -0.278 e. The van der Waals surface area contributed by atoms with Crippen molar-refractivity contribution in [1.29, 1.82) is 5.26 Å². The van der Waals surface area contributed by atoms with Crippen molar-refractivity contribution in [2.24, 2.45) is 0 Å². The summed E-state index contributed by atoms with van der Waals surface area (Å²) in [6, 6.07) is 11.5. The molecule has 0 fully saturated rings. The van der Waals surface area contributed by atoms with Gasteiger partial charge in [0.2, 0.25) is 0 Å². The Balaban J connectivity index is 2.45. The lowest BCUT2D eigenvalue weighted by Gasteiger charge is -2.11. The van der Waals surface area contributed by atoms with Crippen LogP contribution < -0.4 is 4.72 Å². The molecule has 0 aliphatic carbocycles. The van der Waals surface area contributed by atoms with Crippen LogP contribution >= 0.6 is 31.9 Å². The fraction of sp³-hybridized carbons (Fsp3) is 0.0714. The first kappa shape index (κ1) is 16.0. The molecule has 0 aliphatic heterocycles. The molecule has 21 heavy (non-hydrogen) atoms. The highest BCUT2D eigenvalue weighted by atomic mass is 79.9. The number of benzene rings is 2. The Hall–Kier alpha value is -1.36. The van der Waals surface area contributed by atoms with Gasteiger partial charge in [-0.1, -0.05) is 31.9 Å². The van der Waals surface area contributed by atoms with Gasteiger partial charge in [-0.15, -0.1) is 0 Å². The molecule has 0 spiro atoms. The molecule has 0 aromatic heterocycles. The third kappa shape index (κ3) is 3.64. The number of nitrogens with one attached hydrogen (secondary N) is 1. The third-order valence-electron chi connectivity index (χ3n) is 2.79. The maximum absolute atomic E-state index is 12.4. The first-order valence-electron chi connectivity index (χ1n) is 5.82. The first-order valence-corrected chi connectivity index (χ1v) is 8.89. The van der Waals surface area contributed by atoms with E-state index in [0.717, 1.165) is 10.0 Å². The zero-order valence-corrected chi connectivity index (χ0v) is 14.9. The summed E-state index contributed by atoms with van der Waals surface area (Å²) in [4.78, 5) is 0.145. The van der Waals surface area contributed by atoms with Gasteiger partial charge < -0.3 is 0 Å². The normalized spacial score (nSPS) is 11.0. The van der Waals surface area contributed by atoms with Crippen LogP contribution in [0.5, 0.6) is 0 Å². The van der Waals surface area contributed by atoms with Crippen molar-refractivity contribution in [2.45, 2.75) is 11.8 Å². The lowest BCUT2D eigenvalue weighted by molar-refractivity contribution is 0.601. The molecular formula is C14H10Br2N2O2S. The van der Waals surface area contributed by atoms with Crippen LogP contribution in [-0.2, 0) is 10.0 Å². The highest BCUT2D eigenvalue weighted by Gasteiger charge is 2.17. The van der Waals surface area contributed by atoms with Crippen molar-refractivity contribution >= 4 is 47.6 Å². The Morgan fingerprint density at radius 2 is 1.86 bits per heavy atom. The molecule has 2 aromatic rings. The van der Waals surface area contributed by atoms with Crippen LogP contribution in [0.3, 0.4) is 0 Å². The van der Waals surface area contributed by atoms with Gasteiger partial charge in [0, 0.05) is 8.95 Å². The lowest BCUT2D eigenvalue weighted by Crippen LogP contribution is -2.14. The summed E-state index contributed by atoms with van der Waals surface area (Å²) in [6.07, 6.45) is 0. The Bertz CT molecular complexity index is 843. The maximum Gasteiger partial charge on any atom is 0.261 e. The quantitative estimate of drug-likeness (QED) is 0.794. The molecule has 0 bridgehead atoms. The Labute approximate surface area is 140 Å². The standard InChI is InChI=1S/C14H10Br2N2O2S/c1-9-6-12(4-5-13(9)16)21(19,20)18-14-7-11(15)3-2-10(14)8-17/h2-7,18H,1H3. The number of nitrogens with zero attached hydrogens (tertiary/aromatic N) is 1. The summed E-state index contributed by atoms with van der Waals surface area (Å²) in [7, 11) is -3.74. The average Bonchev–Trinajstić information content (AvgIpc) is 2.41. The number of sulfonamides is 1. The topological polar surface area (TPSA) is 70.0 Å². The van der Waals surface area contributed by atoms with Gasteiger partial charge >= 0.3 is 0 Å². The largest absolute Gasteiger partial charge is 0.278 e. The Morgan fingerprint density at radius 3 is 2.48 bits per heavy atom. The molecule has 0 amide bonds. The van der Waals surface area contributed by atoms with E-state index in [1.165, 1.54) is 6.07 Å². The summed E-state index contributed by atoms with van der Waals surface area (Å²) in [6.45, 7) is 1.81. The molecule has 0 saturated carbocycles. The van der Waals surface area contributed by atoms with Crippen LogP contribution in [0, 0.1) is 18.3 Å². The minimum absolute atomic E-state index is 0.145. The molecule has 0 unspecified atom stereocenters. The molecule has 0 aliphatic rings. The van der Waals surface area contributed by atoms with E-state index in [2.05, 4.69) is 36.6 Å². The number of aryl methyl sites for hydroxylation is 1.